The van der Waals surface area contributed by atoms with Gasteiger partial charge in [-0.25, -0.2) is 12.8 Å². The number of nitrogens with two attached hydrogens (primary N) is 1. The predicted molar refractivity (Wildman–Crippen MR) is 72.5 cm³/mol. The molecule has 1 fully saturated rings. The van der Waals surface area contributed by atoms with Crippen LogP contribution in [0.25, 0.3) is 0 Å². The van der Waals surface area contributed by atoms with Crippen molar-refractivity contribution in [1.29, 1.82) is 0 Å². The van der Waals surface area contributed by atoms with E-state index in [9.17, 15) is 17.9 Å². The first-order chi connectivity index (χ1) is 8.63. The monoisotopic (exact) mass is 352 g/mol. The molecule has 0 bridgehead atoms. The first kappa shape index (κ1) is 14.7. The summed E-state index contributed by atoms with van der Waals surface area (Å²) >= 11 is 3.03. The summed E-state index contributed by atoms with van der Waals surface area (Å²) in [5, 5.41) is 9.84. The maximum atomic E-state index is 13.2. The van der Waals surface area contributed by atoms with Crippen molar-refractivity contribution in [2.75, 3.05) is 18.8 Å². The van der Waals surface area contributed by atoms with Gasteiger partial charge in [0.1, 0.15) is 5.82 Å². The minimum atomic E-state index is -3.80. The molecular weight excluding hydrogens is 339 g/mol. The number of nitrogens with zero attached hydrogens (tertiary/aromatic N) is 1. The van der Waals surface area contributed by atoms with Gasteiger partial charge in [-0.1, -0.05) is 0 Å². The first-order valence-corrected chi connectivity index (χ1v) is 7.84. The van der Waals surface area contributed by atoms with E-state index in [1.165, 1.54) is 4.31 Å². The maximum Gasteiger partial charge on any atom is 0.244 e. The summed E-state index contributed by atoms with van der Waals surface area (Å²) in [6, 6.07) is 2.11. The smallest absolute Gasteiger partial charge is 0.244 e. The van der Waals surface area contributed by atoms with E-state index in [-0.39, 0.29) is 28.1 Å². The third-order valence-corrected chi connectivity index (χ3v) is 5.89. The third kappa shape index (κ3) is 2.76. The van der Waals surface area contributed by atoms with Crippen LogP contribution in [0.4, 0.5) is 10.1 Å². The van der Waals surface area contributed by atoms with Gasteiger partial charge in [0.2, 0.25) is 10.0 Å². The van der Waals surface area contributed by atoms with Crippen molar-refractivity contribution in [3.8, 4) is 0 Å². The highest BCUT2D eigenvalue weighted by Gasteiger charge is 2.39. The summed E-state index contributed by atoms with van der Waals surface area (Å²) in [7, 11) is -3.80. The van der Waals surface area contributed by atoms with Crippen LogP contribution in [0.5, 0.6) is 0 Å². The van der Waals surface area contributed by atoms with Crippen LogP contribution in [0.1, 0.15) is 13.3 Å². The molecule has 1 aromatic rings. The van der Waals surface area contributed by atoms with Crippen LogP contribution >= 0.6 is 15.9 Å². The molecule has 0 aromatic heterocycles. The molecule has 0 amide bonds. The normalized spacial score (nSPS) is 24.8. The molecule has 19 heavy (non-hydrogen) atoms. The van der Waals surface area contributed by atoms with E-state index < -0.39 is 21.4 Å². The van der Waals surface area contributed by atoms with Crippen LogP contribution in [0.15, 0.2) is 21.5 Å². The van der Waals surface area contributed by atoms with Crippen LogP contribution in [-0.4, -0.2) is 36.5 Å². The topological polar surface area (TPSA) is 83.6 Å². The molecule has 1 aliphatic rings. The van der Waals surface area contributed by atoms with Gasteiger partial charge in [0.15, 0.2) is 0 Å². The van der Waals surface area contributed by atoms with Crippen molar-refractivity contribution >= 4 is 31.6 Å². The highest BCUT2D eigenvalue weighted by Crippen LogP contribution is 2.32. The number of sulfonamides is 1. The van der Waals surface area contributed by atoms with E-state index >= 15 is 0 Å². The number of hydrogen-bond acceptors (Lipinski definition) is 4. The Bertz CT molecular complexity index is 619. The molecule has 3 N–H and O–H groups in total. The third-order valence-electron chi connectivity index (χ3n) is 3.09. The van der Waals surface area contributed by atoms with Crippen molar-refractivity contribution in [3.63, 3.8) is 0 Å². The number of β-amino-alcohol motifs (C(OH)–C–C–N with tert-alkyl or cyclic N) is 1. The fraction of sp³-hybridized carbons (Fsp3) is 0.455. The Kier molecular flexibility index (Phi) is 3.63. The predicted octanol–water partition coefficient (Wildman–Crippen LogP) is 1.32. The van der Waals surface area contributed by atoms with Crippen LogP contribution in [-0.2, 0) is 10.0 Å². The van der Waals surface area contributed by atoms with Gasteiger partial charge in [0.05, 0.1) is 16.2 Å². The number of nitrogen functional groups attached to an aromatic ring is 1. The van der Waals surface area contributed by atoms with Crippen LogP contribution < -0.4 is 5.73 Å². The second-order valence-corrected chi connectivity index (χ2v) is 7.65. The molecule has 1 saturated heterocycles. The summed E-state index contributed by atoms with van der Waals surface area (Å²) in [5.41, 5.74) is 4.14. The van der Waals surface area contributed by atoms with Gasteiger partial charge < -0.3 is 10.8 Å². The van der Waals surface area contributed by atoms with Crippen molar-refractivity contribution in [3.05, 3.63) is 22.4 Å². The molecule has 1 aromatic carbocycles. The zero-order valence-corrected chi connectivity index (χ0v) is 12.6. The highest BCUT2D eigenvalue weighted by atomic mass is 79.9. The van der Waals surface area contributed by atoms with Gasteiger partial charge in [-0.15, -0.1) is 0 Å². The van der Waals surface area contributed by atoms with Gasteiger partial charge in [-0.2, -0.15) is 4.31 Å². The van der Waals surface area contributed by atoms with E-state index in [4.69, 9.17) is 5.73 Å². The fourth-order valence-electron chi connectivity index (χ4n) is 1.99. The van der Waals surface area contributed by atoms with E-state index in [0.29, 0.717) is 6.42 Å². The number of halogens is 2. The SMILES string of the molecule is CC1(O)CCN(S(=O)(=O)c2cc(N)c(F)cc2Br)C1. The van der Waals surface area contributed by atoms with E-state index in [0.717, 1.165) is 12.1 Å². The van der Waals surface area contributed by atoms with Gasteiger partial charge >= 0.3 is 0 Å². The Morgan fingerprint density at radius 1 is 1.53 bits per heavy atom. The lowest BCUT2D eigenvalue weighted by atomic mass is 10.1. The van der Waals surface area contributed by atoms with E-state index in [2.05, 4.69) is 15.9 Å². The standard InChI is InChI=1S/C11H14BrFN2O3S/c1-11(16)2-3-15(6-11)19(17,18)10-5-9(14)8(13)4-7(10)12/h4-5,16H,2-3,6,14H2,1H3. The minimum Gasteiger partial charge on any atom is -0.396 e. The zero-order valence-electron chi connectivity index (χ0n) is 10.2. The lowest BCUT2D eigenvalue weighted by Crippen LogP contribution is -2.34. The van der Waals surface area contributed by atoms with Crippen LogP contribution in [0, 0.1) is 5.82 Å². The second kappa shape index (κ2) is 4.69. The molecule has 8 heteroatoms. The van der Waals surface area contributed by atoms with Crippen molar-refractivity contribution in [2.24, 2.45) is 0 Å². The molecule has 1 atom stereocenters. The molecule has 2 rings (SSSR count). The van der Waals surface area contributed by atoms with Crippen LogP contribution in [0.2, 0.25) is 0 Å². The summed E-state index contributed by atoms with van der Waals surface area (Å²) in [5.74, 6) is -0.681. The Balaban J connectivity index is 2.44. The number of benzene rings is 1. The maximum absolute atomic E-state index is 13.2. The number of aliphatic hydroxyl groups is 1. The van der Waals surface area contributed by atoms with Gasteiger partial charge in [0.25, 0.3) is 0 Å². The molecule has 106 valence electrons. The quantitative estimate of drug-likeness (QED) is 0.786. The Morgan fingerprint density at radius 2 is 2.16 bits per heavy atom. The molecule has 1 heterocycles. The molecule has 1 unspecified atom stereocenters. The van der Waals surface area contributed by atoms with Gasteiger partial charge in [-0.3, -0.25) is 0 Å². The van der Waals surface area contributed by atoms with Crippen molar-refractivity contribution in [1.82, 2.24) is 4.31 Å². The molecule has 0 radical (unpaired) electrons. The molecule has 0 aliphatic carbocycles. The molecule has 0 saturated carbocycles. The lowest BCUT2D eigenvalue weighted by Gasteiger charge is -2.19. The highest BCUT2D eigenvalue weighted by molar-refractivity contribution is 9.10. The first-order valence-electron chi connectivity index (χ1n) is 5.60. The van der Waals surface area contributed by atoms with Crippen molar-refractivity contribution in [2.45, 2.75) is 23.8 Å². The van der Waals surface area contributed by atoms with Crippen molar-refractivity contribution < 1.29 is 17.9 Å². The minimum absolute atomic E-state index is 0.0130. The molecule has 0 spiro atoms. The lowest BCUT2D eigenvalue weighted by molar-refractivity contribution is 0.0762. The Morgan fingerprint density at radius 3 is 2.68 bits per heavy atom. The van der Waals surface area contributed by atoms with E-state index in [1.807, 2.05) is 0 Å². The van der Waals surface area contributed by atoms with Gasteiger partial charge in [-0.05, 0) is 41.4 Å². The number of rotatable bonds is 2. The molecule has 5 nitrogen and oxygen atoms in total. The average molecular weight is 353 g/mol. The number of hydrogen-bond donors (Lipinski definition) is 2. The van der Waals surface area contributed by atoms with Crippen LogP contribution in [0.3, 0.4) is 0 Å². The Hall–Kier alpha value is -0.700. The summed E-state index contributed by atoms with van der Waals surface area (Å²) in [6.07, 6.45) is 0.362. The fourth-order valence-corrected chi connectivity index (χ4v) is 4.56. The second-order valence-electron chi connectivity index (χ2n) is 4.89. The van der Waals surface area contributed by atoms with E-state index in [1.54, 1.807) is 6.92 Å². The average Bonchev–Trinajstić information content (AvgIpc) is 2.64. The number of anilines is 1. The molecular formula is C11H14BrFN2O3S. The largest absolute Gasteiger partial charge is 0.396 e. The summed E-state index contributed by atoms with van der Waals surface area (Å²) in [6.45, 7) is 1.81. The summed E-state index contributed by atoms with van der Waals surface area (Å²) in [4.78, 5) is -0.0934. The van der Waals surface area contributed by atoms with Gasteiger partial charge in [0, 0.05) is 17.6 Å². The zero-order chi connectivity index (χ0) is 14.4. The summed E-state index contributed by atoms with van der Waals surface area (Å²) < 4.78 is 39.4. The molecule has 1 aliphatic heterocycles. The Labute approximate surface area is 119 Å².